The number of aliphatic imine (C=N–C) groups is 2. The van der Waals surface area contributed by atoms with E-state index in [0.29, 0.717) is 28.2 Å². The second-order valence-corrected chi connectivity index (χ2v) is 9.55. The molecule has 3 aliphatic carbocycles. The maximum absolute atomic E-state index is 14.6. The highest BCUT2D eigenvalue weighted by Gasteiger charge is 2.35. The van der Waals surface area contributed by atoms with Crippen LogP contribution in [-0.4, -0.2) is 40.4 Å². The fourth-order valence-corrected chi connectivity index (χ4v) is 5.63. The van der Waals surface area contributed by atoms with Crippen molar-refractivity contribution in [2.45, 2.75) is 62.7 Å². The van der Waals surface area contributed by atoms with Crippen molar-refractivity contribution in [3.05, 3.63) is 23.7 Å². The van der Waals surface area contributed by atoms with Crippen LogP contribution in [0, 0.1) is 11.8 Å². The van der Waals surface area contributed by atoms with E-state index in [1.165, 1.54) is 6.08 Å². The molecule has 0 bridgehead atoms. The van der Waals surface area contributed by atoms with Crippen molar-refractivity contribution in [2.24, 2.45) is 27.6 Å². The molecule has 0 aromatic rings. The number of carbonyl (C=O) groups excluding carboxylic acids is 2. The summed E-state index contributed by atoms with van der Waals surface area (Å²) in [7, 11) is 0. The monoisotopic (exact) mass is 418 g/mol. The molecule has 8 heteroatoms. The third kappa shape index (κ3) is 4.79. The predicted octanol–water partition coefficient (Wildman–Crippen LogP) is 3.04. The van der Waals surface area contributed by atoms with Crippen LogP contribution in [0.3, 0.4) is 0 Å². The quantitative estimate of drug-likeness (QED) is 0.718. The van der Waals surface area contributed by atoms with Gasteiger partial charge in [-0.3, -0.25) is 14.6 Å². The molecule has 6 nitrogen and oxygen atoms in total. The highest BCUT2D eigenvalue weighted by atomic mass is 32.2. The van der Waals surface area contributed by atoms with E-state index in [1.54, 1.807) is 17.8 Å². The first-order valence-electron chi connectivity index (χ1n) is 10.5. The summed E-state index contributed by atoms with van der Waals surface area (Å²) >= 11 is 1.72. The lowest BCUT2D eigenvalue weighted by molar-refractivity contribution is -0.123. The van der Waals surface area contributed by atoms with Crippen LogP contribution in [0.25, 0.3) is 0 Å². The third-order valence-electron chi connectivity index (χ3n) is 6.14. The van der Waals surface area contributed by atoms with Gasteiger partial charge in [0.25, 0.3) is 0 Å². The number of thioether (sulfide) groups is 1. The van der Waals surface area contributed by atoms with Gasteiger partial charge >= 0.3 is 0 Å². The smallest absolute Gasteiger partial charge is 0.241 e. The van der Waals surface area contributed by atoms with E-state index < -0.39 is 11.7 Å². The molecule has 3 N–H and O–H groups in total. The second-order valence-electron chi connectivity index (χ2n) is 8.26. The van der Waals surface area contributed by atoms with Crippen molar-refractivity contribution in [3.8, 4) is 0 Å². The van der Waals surface area contributed by atoms with Crippen LogP contribution >= 0.6 is 11.8 Å². The number of nitrogens with one attached hydrogen (secondary N) is 1. The lowest BCUT2D eigenvalue weighted by atomic mass is 9.88. The normalized spacial score (nSPS) is 31.6. The molecule has 4 aliphatic rings. The SMILES string of the molecule is NC(=O)C1CCC(SCC2=NC3=CC(=NC4CCCC4)C=C(F)C3C(=O)N2)CC1. The molecule has 0 saturated heterocycles. The second kappa shape index (κ2) is 8.81. The van der Waals surface area contributed by atoms with Gasteiger partial charge in [-0.2, -0.15) is 11.8 Å². The Kier molecular flexibility index (Phi) is 6.18. The highest BCUT2D eigenvalue weighted by Crippen LogP contribution is 2.34. The number of primary amides is 1. The predicted molar refractivity (Wildman–Crippen MR) is 113 cm³/mol. The number of amidine groups is 1. The van der Waals surface area contributed by atoms with E-state index in [2.05, 4.69) is 15.3 Å². The minimum absolute atomic E-state index is 0.0148. The molecule has 2 saturated carbocycles. The van der Waals surface area contributed by atoms with Gasteiger partial charge < -0.3 is 11.1 Å². The van der Waals surface area contributed by atoms with Crippen molar-refractivity contribution < 1.29 is 14.0 Å². The van der Waals surface area contributed by atoms with E-state index in [1.807, 2.05) is 0 Å². The van der Waals surface area contributed by atoms with E-state index in [9.17, 15) is 14.0 Å². The molecule has 0 radical (unpaired) electrons. The number of halogens is 1. The van der Waals surface area contributed by atoms with Crippen LogP contribution in [0.15, 0.2) is 33.7 Å². The van der Waals surface area contributed by atoms with Crippen LogP contribution in [0.1, 0.15) is 51.4 Å². The van der Waals surface area contributed by atoms with Gasteiger partial charge in [-0.05, 0) is 50.7 Å². The summed E-state index contributed by atoms with van der Waals surface area (Å²) in [4.78, 5) is 32.9. The third-order valence-corrected chi connectivity index (χ3v) is 7.52. The molecule has 156 valence electrons. The maximum atomic E-state index is 14.6. The Morgan fingerprint density at radius 1 is 1.21 bits per heavy atom. The Morgan fingerprint density at radius 3 is 2.62 bits per heavy atom. The molecule has 0 aromatic heterocycles. The number of nitrogens with zero attached hydrogens (tertiary/aromatic N) is 2. The van der Waals surface area contributed by atoms with Crippen molar-refractivity contribution in [3.63, 3.8) is 0 Å². The van der Waals surface area contributed by atoms with Crippen LogP contribution < -0.4 is 11.1 Å². The zero-order valence-electron chi connectivity index (χ0n) is 16.4. The van der Waals surface area contributed by atoms with Gasteiger partial charge in [-0.15, -0.1) is 0 Å². The largest absolute Gasteiger partial charge is 0.369 e. The zero-order valence-corrected chi connectivity index (χ0v) is 17.2. The molecule has 1 heterocycles. The number of rotatable bonds is 5. The minimum Gasteiger partial charge on any atom is -0.369 e. The molecule has 29 heavy (non-hydrogen) atoms. The topological polar surface area (TPSA) is 96.9 Å². The van der Waals surface area contributed by atoms with Gasteiger partial charge in [0.1, 0.15) is 17.6 Å². The first kappa shape index (κ1) is 20.3. The molecule has 0 aromatic carbocycles. The number of amides is 2. The van der Waals surface area contributed by atoms with Crippen LogP contribution in [0.4, 0.5) is 4.39 Å². The van der Waals surface area contributed by atoms with Crippen molar-refractivity contribution in [2.75, 3.05) is 5.75 Å². The summed E-state index contributed by atoms with van der Waals surface area (Å²) < 4.78 is 14.6. The Hall–Kier alpha value is -1.96. The number of allylic oxidation sites excluding steroid dienone is 2. The van der Waals surface area contributed by atoms with Crippen LogP contribution in [-0.2, 0) is 9.59 Å². The standard InChI is InChI=1S/C21H27FN4O2S/c22-16-9-14(24-13-3-1-2-4-13)10-17-19(16)21(28)26-18(25-17)11-29-15-7-5-12(6-8-15)20(23)27/h9-10,12-13,15,19H,1-8,11H2,(H2,23,27)(H,25,26,28). The first-order valence-corrected chi connectivity index (χ1v) is 11.5. The minimum atomic E-state index is -0.961. The van der Waals surface area contributed by atoms with E-state index in [4.69, 9.17) is 5.73 Å². The summed E-state index contributed by atoms with van der Waals surface area (Å²) in [6, 6.07) is 0.245. The molecule has 4 rings (SSSR count). The highest BCUT2D eigenvalue weighted by molar-refractivity contribution is 8.00. The van der Waals surface area contributed by atoms with E-state index in [0.717, 1.165) is 51.4 Å². The molecular formula is C21H27FN4O2S. The summed E-state index contributed by atoms with van der Waals surface area (Å²) in [5.74, 6) is -0.921. The number of carbonyl (C=O) groups is 2. The molecule has 2 fully saturated rings. The molecular weight excluding hydrogens is 391 g/mol. The van der Waals surface area contributed by atoms with Crippen molar-refractivity contribution >= 4 is 35.1 Å². The number of nitrogens with two attached hydrogens (primary N) is 1. The average Bonchev–Trinajstić information content (AvgIpc) is 3.19. The van der Waals surface area contributed by atoms with E-state index >= 15 is 0 Å². The summed E-state index contributed by atoms with van der Waals surface area (Å²) in [6.07, 6.45) is 11.0. The maximum Gasteiger partial charge on any atom is 0.241 e. The molecule has 1 unspecified atom stereocenters. The fourth-order valence-electron chi connectivity index (χ4n) is 4.49. The van der Waals surface area contributed by atoms with Crippen molar-refractivity contribution in [1.82, 2.24) is 5.32 Å². The summed E-state index contributed by atoms with van der Waals surface area (Å²) in [5, 5.41) is 3.17. The van der Waals surface area contributed by atoms with Gasteiger partial charge in [0.2, 0.25) is 11.8 Å². The van der Waals surface area contributed by atoms with Gasteiger partial charge in [0, 0.05) is 11.2 Å². The Labute approximate surface area is 174 Å². The number of hydrogen-bond donors (Lipinski definition) is 2. The van der Waals surface area contributed by atoms with Crippen molar-refractivity contribution in [1.29, 1.82) is 0 Å². The number of hydrogen-bond acceptors (Lipinski definition) is 5. The lowest BCUT2D eigenvalue weighted by Crippen LogP contribution is -2.43. The summed E-state index contributed by atoms with van der Waals surface area (Å²) in [5.41, 5.74) is 6.41. The Morgan fingerprint density at radius 2 is 1.93 bits per heavy atom. The van der Waals surface area contributed by atoms with Gasteiger partial charge in [-0.1, -0.05) is 12.8 Å². The number of fused-ring (bicyclic) bond motifs is 1. The Bertz CT molecular complexity index is 805. The molecule has 2 amide bonds. The van der Waals surface area contributed by atoms with Crippen LogP contribution in [0.5, 0.6) is 0 Å². The lowest BCUT2D eigenvalue weighted by Gasteiger charge is -2.28. The zero-order chi connectivity index (χ0) is 20.4. The van der Waals surface area contributed by atoms with Gasteiger partial charge in [0.15, 0.2) is 0 Å². The average molecular weight is 419 g/mol. The fraction of sp³-hybridized carbons (Fsp3) is 0.619. The molecule has 1 aliphatic heterocycles. The Balaban J connectivity index is 1.41. The van der Waals surface area contributed by atoms with Gasteiger partial charge in [0.05, 0.1) is 23.2 Å². The van der Waals surface area contributed by atoms with E-state index in [-0.39, 0.29) is 23.8 Å². The van der Waals surface area contributed by atoms with Gasteiger partial charge in [-0.25, -0.2) is 9.38 Å². The first-order chi connectivity index (χ1) is 14.0. The van der Waals surface area contributed by atoms with Crippen LogP contribution in [0.2, 0.25) is 0 Å². The summed E-state index contributed by atoms with van der Waals surface area (Å²) in [6.45, 7) is 0. The molecule has 0 spiro atoms. The molecule has 1 atom stereocenters.